The number of fused-ring (bicyclic) bond motifs is 2. The number of sulfone groups is 1. The standard InChI is InChI=1S/C22H22BrN3O6S3/c1-26-14-8-7-12(23)9-16(14)34-22(26)25-18(28)11-35(30,31)10-17(27)24-20-19(21(29)32-2)13-5-3-4-6-15(13)33-20/h7-9H,3-6,10-11H2,1-2H3,(H,24,27). The second kappa shape index (κ2) is 10.3. The summed E-state index contributed by atoms with van der Waals surface area (Å²) < 4.78 is 33.5. The van der Waals surface area contributed by atoms with Gasteiger partial charge in [-0.05, 0) is 49.4 Å². The fourth-order valence-electron chi connectivity index (χ4n) is 3.93. The van der Waals surface area contributed by atoms with Crippen molar-refractivity contribution in [3.63, 3.8) is 0 Å². The zero-order valence-corrected chi connectivity index (χ0v) is 23.0. The van der Waals surface area contributed by atoms with Gasteiger partial charge in [-0.25, -0.2) is 13.2 Å². The zero-order valence-electron chi connectivity index (χ0n) is 18.9. The number of halogens is 1. The lowest BCUT2D eigenvalue weighted by Crippen LogP contribution is -2.28. The van der Waals surface area contributed by atoms with Crippen LogP contribution in [0.3, 0.4) is 0 Å². The number of aryl methyl sites for hydroxylation is 2. The van der Waals surface area contributed by atoms with Crippen LogP contribution < -0.4 is 10.1 Å². The molecular weight excluding hydrogens is 578 g/mol. The summed E-state index contributed by atoms with van der Waals surface area (Å²) in [6.07, 6.45) is 3.40. The van der Waals surface area contributed by atoms with Crippen molar-refractivity contribution in [1.29, 1.82) is 0 Å². The molecule has 0 atom stereocenters. The minimum Gasteiger partial charge on any atom is -0.465 e. The number of methoxy groups -OCH3 is 1. The number of nitrogens with zero attached hydrogens (tertiary/aromatic N) is 2. The molecule has 3 aromatic rings. The number of esters is 1. The normalized spacial score (nSPS) is 14.1. The van der Waals surface area contributed by atoms with Gasteiger partial charge in [0.1, 0.15) is 16.5 Å². The molecule has 13 heteroatoms. The van der Waals surface area contributed by atoms with Crippen LogP contribution in [0.15, 0.2) is 27.7 Å². The Morgan fingerprint density at radius 3 is 2.66 bits per heavy atom. The van der Waals surface area contributed by atoms with Gasteiger partial charge >= 0.3 is 5.97 Å². The molecule has 0 saturated heterocycles. The first-order valence-corrected chi connectivity index (χ1v) is 14.9. The van der Waals surface area contributed by atoms with E-state index < -0.39 is 39.1 Å². The molecule has 1 aliphatic carbocycles. The number of anilines is 1. The highest BCUT2D eigenvalue weighted by Gasteiger charge is 2.28. The average Bonchev–Trinajstić information content (AvgIpc) is 3.28. The molecule has 1 aliphatic rings. The molecule has 0 unspecified atom stereocenters. The van der Waals surface area contributed by atoms with Gasteiger partial charge in [-0.1, -0.05) is 27.3 Å². The Bertz CT molecular complexity index is 1520. The lowest BCUT2D eigenvalue weighted by atomic mass is 9.95. The molecule has 0 spiro atoms. The van der Waals surface area contributed by atoms with E-state index in [9.17, 15) is 22.8 Å². The van der Waals surface area contributed by atoms with E-state index in [1.54, 1.807) is 11.6 Å². The van der Waals surface area contributed by atoms with E-state index in [1.807, 2.05) is 18.2 Å². The van der Waals surface area contributed by atoms with E-state index in [0.29, 0.717) is 11.2 Å². The van der Waals surface area contributed by atoms with Gasteiger partial charge in [0.05, 0.1) is 22.9 Å². The summed E-state index contributed by atoms with van der Waals surface area (Å²) in [5.41, 5.74) is 1.99. The highest BCUT2D eigenvalue weighted by atomic mass is 79.9. The minimum atomic E-state index is -4.09. The van der Waals surface area contributed by atoms with Crippen LogP contribution in [0.5, 0.6) is 0 Å². The molecule has 2 amide bonds. The fraction of sp³-hybridized carbons (Fsp3) is 0.364. The summed E-state index contributed by atoms with van der Waals surface area (Å²) in [4.78, 5) is 42.6. The number of hydrogen-bond acceptors (Lipinski definition) is 8. The van der Waals surface area contributed by atoms with Crippen LogP contribution in [0.4, 0.5) is 5.00 Å². The van der Waals surface area contributed by atoms with Crippen LogP contribution >= 0.6 is 38.6 Å². The summed E-state index contributed by atoms with van der Waals surface area (Å²) in [5, 5.41) is 2.83. The van der Waals surface area contributed by atoms with Crippen LogP contribution in [0.25, 0.3) is 10.2 Å². The molecule has 9 nitrogen and oxygen atoms in total. The number of thiophene rings is 1. The number of ether oxygens (including phenoxy) is 1. The number of hydrogen-bond donors (Lipinski definition) is 1. The van der Waals surface area contributed by atoms with E-state index in [0.717, 1.165) is 44.4 Å². The van der Waals surface area contributed by atoms with Crippen molar-refractivity contribution in [2.45, 2.75) is 25.7 Å². The molecule has 0 bridgehead atoms. The number of benzene rings is 1. The Balaban J connectivity index is 1.48. The molecule has 2 heterocycles. The van der Waals surface area contributed by atoms with Crippen LogP contribution in [0.2, 0.25) is 0 Å². The van der Waals surface area contributed by atoms with Gasteiger partial charge in [0.2, 0.25) is 5.91 Å². The van der Waals surface area contributed by atoms with Crippen LogP contribution in [-0.2, 0) is 44.1 Å². The first-order chi connectivity index (χ1) is 16.6. The third-order valence-electron chi connectivity index (χ3n) is 5.50. The highest BCUT2D eigenvalue weighted by molar-refractivity contribution is 9.10. The monoisotopic (exact) mass is 599 g/mol. The van der Waals surface area contributed by atoms with Gasteiger partial charge in [-0.15, -0.1) is 11.3 Å². The molecule has 2 aromatic heterocycles. The number of carbonyl (C=O) groups is 3. The highest BCUT2D eigenvalue weighted by Crippen LogP contribution is 2.38. The largest absolute Gasteiger partial charge is 0.465 e. The van der Waals surface area contributed by atoms with Gasteiger partial charge < -0.3 is 14.6 Å². The second-order valence-electron chi connectivity index (χ2n) is 8.05. The smallest absolute Gasteiger partial charge is 0.341 e. The molecule has 35 heavy (non-hydrogen) atoms. The van der Waals surface area contributed by atoms with E-state index in [-0.39, 0.29) is 10.6 Å². The SMILES string of the molecule is COC(=O)c1c(NC(=O)CS(=O)(=O)CC(=O)N=c2sc3cc(Br)ccc3n2C)sc2c1CCCC2. The maximum absolute atomic E-state index is 12.6. The Morgan fingerprint density at radius 2 is 1.91 bits per heavy atom. The minimum absolute atomic E-state index is 0.281. The number of thiazole rings is 1. The zero-order chi connectivity index (χ0) is 25.3. The lowest BCUT2D eigenvalue weighted by molar-refractivity contribution is -0.115. The van der Waals surface area contributed by atoms with Crippen LogP contribution in [-0.4, -0.2) is 49.4 Å². The molecule has 0 fully saturated rings. The number of nitrogens with one attached hydrogen (secondary N) is 1. The van der Waals surface area contributed by atoms with Gasteiger partial charge in [-0.2, -0.15) is 4.99 Å². The first kappa shape index (κ1) is 25.7. The number of carbonyl (C=O) groups excluding carboxylic acids is 3. The number of aromatic nitrogens is 1. The maximum atomic E-state index is 12.6. The third kappa shape index (κ3) is 5.74. The van der Waals surface area contributed by atoms with Crippen molar-refractivity contribution >= 4 is 81.4 Å². The lowest BCUT2D eigenvalue weighted by Gasteiger charge is -2.11. The maximum Gasteiger partial charge on any atom is 0.341 e. The van der Waals surface area contributed by atoms with E-state index in [2.05, 4.69) is 26.2 Å². The summed E-state index contributed by atoms with van der Waals surface area (Å²) in [6, 6.07) is 5.61. The Kier molecular flexibility index (Phi) is 7.60. The Morgan fingerprint density at radius 1 is 1.17 bits per heavy atom. The number of amides is 2. The molecule has 0 aliphatic heterocycles. The predicted molar refractivity (Wildman–Crippen MR) is 139 cm³/mol. The van der Waals surface area contributed by atoms with Gasteiger partial charge in [-0.3, -0.25) is 9.59 Å². The molecular formula is C22H22BrN3O6S3. The van der Waals surface area contributed by atoms with Crippen molar-refractivity contribution in [3.8, 4) is 0 Å². The molecule has 0 radical (unpaired) electrons. The predicted octanol–water partition coefficient (Wildman–Crippen LogP) is 3.21. The van der Waals surface area contributed by atoms with Crippen molar-refractivity contribution < 1.29 is 27.5 Å². The second-order valence-corrected chi connectivity index (χ2v) is 13.1. The van der Waals surface area contributed by atoms with Gasteiger partial charge in [0.15, 0.2) is 14.6 Å². The summed E-state index contributed by atoms with van der Waals surface area (Å²) >= 11 is 5.91. The van der Waals surface area contributed by atoms with E-state index in [4.69, 9.17) is 4.74 Å². The Labute approximate surface area is 217 Å². The van der Waals surface area contributed by atoms with E-state index >= 15 is 0 Å². The van der Waals surface area contributed by atoms with Crippen LogP contribution in [0, 0.1) is 0 Å². The molecule has 1 N–H and O–H groups in total. The summed E-state index contributed by atoms with van der Waals surface area (Å²) in [7, 11) is -1.09. The van der Waals surface area contributed by atoms with Crippen molar-refractivity contribution in [2.24, 2.45) is 12.0 Å². The molecule has 1 aromatic carbocycles. The Hall–Kier alpha value is -2.35. The quantitative estimate of drug-likeness (QED) is 0.434. The van der Waals surface area contributed by atoms with Crippen molar-refractivity contribution in [3.05, 3.63) is 43.5 Å². The summed E-state index contributed by atoms with van der Waals surface area (Å²) in [5.74, 6) is -4.05. The molecule has 0 saturated carbocycles. The van der Waals surface area contributed by atoms with Gasteiger partial charge in [0.25, 0.3) is 5.91 Å². The average molecular weight is 601 g/mol. The van der Waals surface area contributed by atoms with Crippen LogP contribution in [0.1, 0.15) is 33.6 Å². The molecule has 4 rings (SSSR count). The van der Waals surface area contributed by atoms with Crippen molar-refractivity contribution in [2.75, 3.05) is 23.9 Å². The number of rotatable bonds is 6. The topological polar surface area (TPSA) is 124 Å². The fourth-order valence-corrected chi connectivity index (χ4v) is 7.82. The molecule has 186 valence electrons. The summed E-state index contributed by atoms with van der Waals surface area (Å²) in [6.45, 7) is 0. The van der Waals surface area contributed by atoms with Gasteiger partial charge in [0, 0.05) is 16.4 Å². The van der Waals surface area contributed by atoms with Crippen molar-refractivity contribution in [1.82, 2.24) is 4.57 Å². The van der Waals surface area contributed by atoms with E-state index in [1.165, 1.54) is 29.8 Å². The third-order valence-corrected chi connectivity index (χ3v) is 9.68. The first-order valence-electron chi connectivity index (χ1n) is 10.6.